The highest BCUT2D eigenvalue weighted by atomic mass is 16.3. The minimum absolute atomic E-state index is 0.0953. The number of aromatic amines is 1. The fraction of sp³-hybridized carbons (Fsp3) is 0.308. The standard InChI is InChI=1S/C13H14N2O2/c1-7-12-9(6-11(16)13(17)14-7)8-4-2-3-5-10(8)15-12/h2-5,7,11,15-16H,6H2,1H3,(H,14,17). The summed E-state index contributed by atoms with van der Waals surface area (Å²) < 4.78 is 0. The fourth-order valence-corrected chi connectivity index (χ4v) is 2.48. The lowest BCUT2D eigenvalue weighted by molar-refractivity contribution is -0.129. The van der Waals surface area contributed by atoms with Gasteiger partial charge in [-0.25, -0.2) is 0 Å². The summed E-state index contributed by atoms with van der Waals surface area (Å²) in [5, 5.41) is 13.7. The van der Waals surface area contributed by atoms with E-state index in [0.29, 0.717) is 6.42 Å². The van der Waals surface area contributed by atoms with Crippen molar-refractivity contribution in [2.75, 3.05) is 0 Å². The molecule has 4 nitrogen and oxygen atoms in total. The van der Waals surface area contributed by atoms with Crippen LogP contribution in [0.1, 0.15) is 24.2 Å². The average Bonchev–Trinajstić information content (AvgIpc) is 2.63. The predicted molar refractivity (Wildman–Crippen MR) is 64.6 cm³/mol. The number of aromatic nitrogens is 1. The number of carbonyl (C=O) groups is 1. The number of amides is 1. The van der Waals surface area contributed by atoms with Gasteiger partial charge in [-0.05, 0) is 18.6 Å². The molecule has 2 heterocycles. The highest BCUT2D eigenvalue weighted by Crippen LogP contribution is 2.29. The summed E-state index contributed by atoms with van der Waals surface area (Å²) in [6.07, 6.45) is -0.590. The van der Waals surface area contributed by atoms with Gasteiger partial charge in [0.05, 0.1) is 6.04 Å². The van der Waals surface area contributed by atoms with Crippen LogP contribution >= 0.6 is 0 Å². The lowest BCUT2D eigenvalue weighted by Crippen LogP contribution is -2.34. The Morgan fingerprint density at radius 1 is 1.35 bits per heavy atom. The third-order valence-corrected chi connectivity index (χ3v) is 3.34. The molecule has 1 amide bonds. The van der Waals surface area contributed by atoms with Gasteiger partial charge in [0.2, 0.25) is 5.91 Å². The zero-order valence-electron chi connectivity index (χ0n) is 9.53. The van der Waals surface area contributed by atoms with Crippen LogP contribution in [0.3, 0.4) is 0 Å². The molecule has 0 radical (unpaired) electrons. The molecule has 2 unspecified atom stereocenters. The van der Waals surface area contributed by atoms with Crippen LogP contribution in [0.5, 0.6) is 0 Å². The van der Waals surface area contributed by atoms with Crippen LogP contribution in [0.25, 0.3) is 10.9 Å². The van der Waals surface area contributed by atoms with E-state index in [0.717, 1.165) is 22.2 Å². The van der Waals surface area contributed by atoms with Gasteiger partial charge < -0.3 is 15.4 Å². The van der Waals surface area contributed by atoms with E-state index in [2.05, 4.69) is 10.3 Å². The molecule has 1 aliphatic rings. The van der Waals surface area contributed by atoms with Crippen molar-refractivity contribution < 1.29 is 9.90 Å². The molecular formula is C13H14N2O2. The van der Waals surface area contributed by atoms with Crippen LogP contribution in [0, 0.1) is 0 Å². The molecule has 3 N–H and O–H groups in total. The first-order valence-electron chi connectivity index (χ1n) is 5.74. The van der Waals surface area contributed by atoms with E-state index >= 15 is 0 Å². The lowest BCUT2D eigenvalue weighted by Gasteiger charge is -2.10. The number of hydrogen-bond acceptors (Lipinski definition) is 2. The van der Waals surface area contributed by atoms with E-state index in [4.69, 9.17) is 0 Å². The first-order valence-corrected chi connectivity index (χ1v) is 5.74. The van der Waals surface area contributed by atoms with Crippen LogP contribution in [-0.4, -0.2) is 22.1 Å². The van der Waals surface area contributed by atoms with Crippen LogP contribution < -0.4 is 5.32 Å². The van der Waals surface area contributed by atoms with Crippen molar-refractivity contribution in [1.82, 2.24) is 10.3 Å². The van der Waals surface area contributed by atoms with Gasteiger partial charge in [0.1, 0.15) is 6.10 Å². The second kappa shape index (κ2) is 3.60. The van der Waals surface area contributed by atoms with E-state index in [1.54, 1.807) is 0 Å². The van der Waals surface area contributed by atoms with Crippen molar-refractivity contribution >= 4 is 16.8 Å². The number of aliphatic hydroxyl groups is 1. The molecule has 3 rings (SSSR count). The monoisotopic (exact) mass is 230 g/mol. The van der Waals surface area contributed by atoms with Crippen molar-refractivity contribution in [3.63, 3.8) is 0 Å². The second-order valence-electron chi connectivity index (χ2n) is 4.51. The average molecular weight is 230 g/mol. The third-order valence-electron chi connectivity index (χ3n) is 3.34. The number of benzene rings is 1. The van der Waals surface area contributed by atoms with Crippen LogP contribution in [-0.2, 0) is 11.2 Å². The van der Waals surface area contributed by atoms with Gasteiger partial charge >= 0.3 is 0 Å². The molecule has 2 aromatic rings. The summed E-state index contributed by atoms with van der Waals surface area (Å²) in [5.74, 6) is -0.300. The molecule has 1 aliphatic heterocycles. The van der Waals surface area contributed by atoms with Gasteiger partial charge in [-0.3, -0.25) is 4.79 Å². The second-order valence-corrected chi connectivity index (χ2v) is 4.51. The smallest absolute Gasteiger partial charge is 0.249 e. The van der Waals surface area contributed by atoms with Gasteiger partial charge in [0.25, 0.3) is 0 Å². The van der Waals surface area contributed by atoms with Gasteiger partial charge in [-0.2, -0.15) is 0 Å². The topological polar surface area (TPSA) is 65.1 Å². The number of carbonyl (C=O) groups excluding carboxylic acids is 1. The molecule has 0 saturated carbocycles. The maximum absolute atomic E-state index is 11.6. The van der Waals surface area contributed by atoms with Crippen LogP contribution in [0.2, 0.25) is 0 Å². The number of hydrogen-bond donors (Lipinski definition) is 3. The Balaban J connectivity index is 2.22. The Kier molecular flexibility index (Phi) is 2.19. The first-order chi connectivity index (χ1) is 8.16. The number of rotatable bonds is 0. The molecule has 0 fully saturated rings. The maximum Gasteiger partial charge on any atom is 0.249 e. The van der Waals surface area contributed by atoms with E-state index in [9.17, 15) is 9.90 Å². The van der Waals surface area contributed by atoms with Crippen LogP contribution in [0.4, 0.5) is 0 Å². The summed E-state index contributed by atoms with van der Waals surface area (Å²) in [7, 11) is 0. The molecule has 1 aromatic heterocycles. The van der Waals surface area contributed by atoms with Crippen molar-refractivity contribution in [1.29, 1.82) is 0 Å². The Hall–Kier alpha value is -1.81. The summed E-state index contributed by atoms with van der Waals surface area (Å²) >= 11 is 0. The highest BCUT2D eigenvalue weighted by molar-refractivity contribution is 5.88. The Morgan fingerprint density at radius 3 is 2.94 bits per heavy atom. The molecule has 0 spiro atoms. The van der Waals surface area contributed by atoms with E-state index in [1.165, 1.54) is 0 Å². The Bertz CT molecular complexity index is 588. The zero-order chi connectivity index (χ0) is 12.0. The fourth-order valence-electron chi connectivity index (χ4n) is 2.48. The molecule has 0 aliphatic carbocycles. The molecule has 1 aromatic carbocycles. The summed E-state index contributed by atoms with van der Waals surface area (Å²) in [5.41, 5.74) is 3.09. The number of para-hydroxylation sites is 1. The molecule has 0 saturated heterocycles. The van der Waals surface area contributed by atoms with Gasteiger partial charge in [-0.1, -0.05) is 18.2 Å². The number of nitrogens with one attached hydrogen (secondary N) is 2. The third kappa shape index (κ3) is 1.52. The number of aliphatic hydroxyl groups excluding tert-OH is 1. The molecule has 4 heteroatoms. The lowest BCUT2D eigenvalue weighted by atomic mass is 10.0. The minimum atomic E-state index is -0.960. The molecule has 88 valence electrons. The van der Waals surface area contributed by atoms with Crippen molar-refractivity contribution in [3.8, 4) is 0 Å². The normalized spacial score (nSPS) is 24.2. The largest absolute Gasteiger partial charge is 0.383 e. The zero-order valence-corrected chi connectivity index (χ0v) is 9.53. The molecular weight excluding hydrogens is 216 g/mol. The Morgan fingerprint density at radius 2 is 2.12 bits per heavy atom. The van der Waals surface area contributed by atoms with Gasteiger partial charge in [0, 0.05) is 23.0 Å². The van der Waals surface area contributed by atoms with Crippen molar-refractivity contribution in [2.45, 2.75) is 25.5 Å². The van der Waals surface area contributed by atoms with Gasteiger partial charge in [-0.15, -0.1) is 0 Å². The van der Waals surface area contributed by atoms with E-state index in [-0.39, 0.29) is 11.9 Å². The van der Waals surface area contributed by atoms with Crippen LogP contribution in [0.15, 0.2) is 24.3 Å². The first kappa shape index (κ1) is 10.4. The SMILES string of the molecule is CC1NC(=O)C(O)Cc2c1[nH]c1ccccc21. The van der Waals surface area contributed by atoms with E-state index < -0.39 is 6.10 Å². The highest BCUT2D eigenvalue weighted by Gasteiger charge is 2.28. The maximum atomic E-state index is 11.6. The predicted octanol–water partition coefficient (Wildman–Crippen LogP) is 1.26. The van der Waals surface area contributed by atoms with Crippen molar-refractivity contribution in [3.05, 3.63) is 35.5 Å². The minimum Gasteiger partial charge on any atom is -0.383 e. The number of H-pyrrole nitrogens is 1. The van der Waals surface area contributed by atoms with Crippen molar-refractivity contribution in [2.24, 2.45) is 0 Å². The molecule has 0 bridgehead atoms. The summed E-state index contributed by atoms with van der Waals surface area (Å²) in [6, 6.07) is 7.86. The Labute approximate surface area is 98.6 Å². The summed E-state index contributed by atoms with van der Waals surface area (Å²) in [4.78, 5) is 14.9. The van der Waals surface area contributed by atoms with E-state index in [1.807, 2.05) is 31.2 Å². The van der Waals surface area contributed by atoms with Gasteiger partial charge in [0.15, 0.2) is 0 Å². The quantitative estimate of drug-likeness (QED) is 0.638. The summed E-state index contributed by atoms with van der Waals surface area (Å²) in [6.45, 7) is 1.92. The molecule has 2 atom stereocenters. The molecule has 17 heavy (non-hydrogen) atoms. The number of fused-ring (bicyclic) bond motifs is 3.